The minimum absolute atomic E-state index is 0. The van der Waals surface area contributed by atoms with Crippen LogP contribution in [0.2, 0.25) is 0 Å². The van der Waals surface area contributed by atoms with Gasteiger partial charge in [0.15, 0.2) is 0 Å². The first-order chi connectivity index (χ1) is 3.77. The van der Waals surface area contributed by atoms with Crippen molar-refractivity contribution in [2.24, 2.45) is 5.73 Å². The van der Waals surface area contributed by atoms with Crippen molar-refractivity contribution in [3.63, 3.8) is 0 Å². The van der Waals surface area contributed by atoms with Crippen LogP contribution in [-0.4, -0.2) is 32.1 Å². The lowest BCUT2D eigenvalue weighted by Crippen LogP contribution is -2.14. The van der Waals surface area contributed by atoms with Crippen molar-refractivity contribution in [2.75, 3.05) is 27.2 Å². The van der Waals surface area contributed by atoms with Crippen LogP contribution in [0.3, 0.4) is 0 Å². The molecule has 0 heterocycles. The summed E-state index contributed by atoms with van der Waals surface area (Å²) < 4.78 is 0. The smallest absolute Gasteiger partial charge is 0.00244 e. The van der Waals surface area contributed by atoms with Gasteiger partial charge in [0.2, 0.25) is 0 Å². The van der Waals surface area contributed by atoms with Crippen LogP contribution >= 0.6 is 34.0 Å². The van der Waals surface area contributed by atoms with Crippen molar-refractivity contribution < 1.29 is 0 Å². The second-order valence-electron chi connectivity index (χ2n) is 2.30. The number of unbranched alkanes of at least 4 members (excludes halogenated alkanes) is 1. The fourth-order valence-corrected chi connectivity index (χ4v) is 0.572. The highest BCUT2D eigenvalue weighted by atomic mass is 79.9. The number of hydrogen-bond acceptors (Lipinski definition) is 2. The molecule has 0 atom stereocenters. The average molecular weight is 278 g/mol. The molecule has 0 aromatic heterocycles. The van der Waals surface area contributed by atoms with Crippen LogP contribution in [0.15, 0.2) is 0 Å². The molecule has 66 valence electrons. The highest BCUT2D eigenvalue weighted by molar-refractivity contribution is 8.93. The molecular formula is C6H18Br2N2. The average Bonchev–Trinajstić information content (AvgIpc) is 1.66. The quantitative estimate of drug-likeness (QED) is 0.788. The fraction of sp³-hybridized carbons (Fsp3) is 1.00. The van der Waals surface area contributed by atoms with E-state index in [0.717, 1.165) is 19.5 Å². The Morgan fingerprint density at radius 3 is 1.90 bits per heavy atom. The molecule has 2 N–H and O–H groups in total. The molecule has 0 aromatic rings. The molecule has 0 fully saturated rings. The summed E-state index contributed by atoms with van der Waals surface area (Å²) in [5, 5.41) is 0. The molecule has 0 radical (unpaired) electrons. The minimum atomic E-state index is 0. The van der Waals surface area contributed by atoms with Gasteiger partial charge in [0, 0.05) is 0 Å². The topological polar surface area (TPSA) is 29.3 Å². The maximum absolute atomic E-state index is 5.30. The normalized spacial score (nSPS) is 8.40. The summed E-state index contributed by atoms with van der Waals surface area (Å²) in [5.74, 6) is 0. The largest absolute Gasteiger partial charge is 0.330 e. The van der Waals surface area contributed by atoms with Crippen molar-refractivity contribution in [1.29, 1.82) is 0 Å². The lowest BCUT2D eigenvalue weighted by Gasteiger charge is -2.06. The summed E-state index contributed by atoms with van der Waals surface area (Å²) in [6.45, 7) is 1.99. The maximum Gasteiger partial charge on any atom is -0.00244 e. The first-order valence-corrected chi connectivity index (χ1v) is 3.12. The van der Waals surface area contributed by atoms with Gasteiger partial charge in [-0.25, -0.2) is 0 Å². The van der Waals surface area contributed by atoms with E-state index in [2.05, 4.69) is 19.0 Å². The van der Waals surface area contributed by atoms with Gasteiger partial charge in [-0.05, 0) is 40.0 Å². The van der Waals surface area contributed by atoms with E-state index in [1.165, 1.54) is 6.42 Å². The Morgan fingerprint density at radius 1 is 1.10 bits per heavy atom. The molecule has 2 nitrogen and oxygen atoms in total. The van der Waals surface area contributed by atoms with Crippen LogP contribution in [0.25, 0.3) is 0 Å². The van der Waals surface area contributed by atoms with E-state index >= 15 is 0 Å². The molecule has 0 rings (SSSR count). The van der Waals surface area contributed by atoms with E-state index in [0.29, 0.717) is 0 Å². The lowest BCUT2D eigenvalue weighted by atomic mass is 10.3. The Hall–Kier alpha value is 0.880. The number of rotatable bonds is 4. The summed E-state index contributed by atoms with van der Waals surface area (Å²) >= 11 is 0. The fourth-order valence-electron chi connectivity index (χ4n) is 0.572. The summed E-state index contributed by atoms with van der Waals surface area (Å²) in [4.78, 5) is 2.18. The molecule has 0 aliphatic carbocycles. The zero-order chi connectivity index (χ0) is 6.41. The van der Waals surface area contributed by atoms with Crippen LogP contribution in [0.1, 0.15) is 12.8 Å². The van der Waals surface area contributed by atoms with Crippen molar-refractivity contribution >= 4 is 34.0 Å². The van der Waals surface area contributed by atoms with Crippen LogP contribution in [0, 0.1) is 0 Å². The van der Waals surface area contributed by atoms with Crippen molar-refractivity contribution in [3.8, 4) is 0 Å². The first-order valence-electron chi connectivity index (χ1n) is 3.12. The Kier molecular flexibility index (Phi) is 21.5. The van der Waals surface area contributed by atoms with Gasteiger partial charge < -0.3 is 10.6 Å². The number of nitrogens with two attached hydrogens (primary N) is 1. The van der Waals surface area contributed by atoms with Gasteiger partial charge in [-0.2, -0.15) is 0 Å². The van der Waals surface area contributed by atoms with Gasteiger partial charge in [0.25, 0.3) is 0 Å². The molecule has 0 spiro atoms. The van der Waals surface area contributed by atoms with Gasteiger partial charge in [-0.1, -0.05) is 0 Å². The third-order valence-corrected chi connectivity index (χ3v) is 1.06. The number of nitrogens with zero attached hydrogens (tertiary/aromatic N) is 1. The van der Waals surface area contributed by atoms with Crippen molar-refractivity contribution in [3.05, 3.63) is 0 Å². The predicted octanol–water partition coefficient (Wildman–Crippen LogP) is 1.44. The van der Waals surface area contributed by atoms with Crippen LogP contribution in [-0.2, 0) is 0 Å². The summed E-state index contributed by atoms with van der Waals surface area (Å²) in [6.07, 6.45) is 2.38. The summed E-state index contributed by atoms with van der Waals surface area (Å²) in [5.41, 5.74) is 5.30. The van der Waals surface area contributed by atoms with E-state index in [-0.39, 0.29) is 34.0 Å². The van der Waals surface area contributed by atoms with Gasteiger partial charge in [0.05, 0.1) is 0 Å². The van der Waals surface area contributed by atoms with Gasteiger partial charge >= 0.3 is 0 Å². The third kappa shape index (κ3) is 15.9. The molecule has 0 aromatic carbocycles. The summed E-state index contributed by atoms with van der Waals surface area (Å²) in [6, 6.07) is 0. The van der Waals surface area contributed by atoms with E-state index in [4.69, 9.17) is 5.73 Å². The standard InChI is InChI=1S/C6H16N2.2BrH/c1-8(2)6-4-3-5-7;;/h3-7H2,1-2H3;2*1H. The first kappa shape index (κ1) is 17.1. The second kappa shape index (κ2) is 12.5. The second-order valence-corrected chi connectivity index (χ2v) is 2.30. The Morgan fingerprint density at radius 2 is 1.60 bits per heavy atom. The highest BCUT2D eigenvalue weighted by Gasteiger charge is 1.86. The van der Waals surface area contributed by atoms with Crippen molar-refractivity contribution in [2.45, 2.75) is 12.8 Å². The SMILES string of the molecule is Br.Br.CN(C)CCCCN. The van der Waals surface area contributed by atoms with Crippen LogP contribution in [0.5, 0.6) is 0 Å². The Labute approximate surface area is 84.7 Å². The van der Waals surface area contributed by atoms with Crippen molar-refractivity contribution in [1.82, 2.24) is 4.90 Å². The molecule has 0 bridgehead atoms. The molecule has 4 heteroatoms. The number of hydrogen-bond donors (Lipinski definition) is 1. The monoisotopic (exact) mass is 276 g/mol. The molecule has 0 saturated heterocycles. The highest BCUT2D eigenvalue weighted by Crippen LogP contribution is 1.86. The van der Waals surface area contributed by atoms with Gasteiger partial charge in [0.1, 0.15) is 0 Å². The van der Waals surface area contributed by atoms with Gasteiger partial charge in [-0.3, -0.25) is 0 Å². The lowest BCUT2D eigenvalue weighted by molar-refractivity contribution is 0.396. The van der Waals surface area contributed by atoms with E-state index in [9.17, 15) is 0 Å². The third-order valence-electron chi connectivity index (χ3n) is 1.06. The Bertz CT molecular complexity index is 51.0. The molecule has 0 unspecified atom stereocenters. The molecule has 0 saturated carbocycles. The Balaban J connectivity index is -0.000000245. The molecule has 0 amide bonds. The van der Waals surface area contributed by atoms with E-state index < -0.39 is 0 Å². The zero-order valence-corrected chi connectivity index (χ0v) is 10.1. The number of halogens is 2. The zero-order valence-electron chi connectivity index (χ0n) is 6.67. The predicted molar refractivity (Wildman–Crippen MR) is 57.5 cm³/mol. The molecule has 0 aliphatic rings. The maximum atomic E-state index is 5.30. The van der Waals surface area contributed by atoms with E-state index in [1.54, 1.807) is 0 Å². The molecule has 10 heavy (non-hydrogen) atoms. The van der Waals surface area contributed by atoms with E-state index in [1.807, 2.05) is 0 Å². The van der Waals surface area contributed by atoms with Crippen LogP contribution in [0.4, 0.5) is 0 Å². The van der Waals surface area contributed by atoms with Crippen LogP contribution < -0.4 is 5.73 Å². The minimum Gasteiger partial charge on any atom is -0.330 e. The molecular weight excluding hydrogens is 260 g/mol. The van der Waals surface area contributed by atoms with Gasteiger partial charge in [-0.15, -0.1) is 34.0 Å². The summed E-state index contributed by atoms with van der Waals surface area (Å²) in [7, 11) is 4.16. The molecule has 0 aliphatic heterocycles.